The number of hydrogen-bond donors (Lipinski definition) is 1. The molecule has 5 heteroatoms. The van der Waals surface area contributed by atoms with Crippen molar-refractivity contribution < 1.29 is 0 Å². The molecule has 0 spiro atoms. The van der Waals surface area contributed by atoms with Gasteiger partial charge in [0.15, 0.2) is 5.17 Å². The molecule has 1 aliphatic rings. The Morgan fingerprint density at radius 3 is 2.93 bits per heavy atom. The predicted molar refractivity (Wildman–Crippen MR) is 65.1 cm³/mol. The van der Waals surface area contributed by atoms with Gasteiger partial charge < -0.3 is 0 Å². The van der Waals surface area contributed by atoms with Crippen molar-refractivity contribution in [3.63, 3.8) is 0 Å². The van der Waals surface area contributed by atoms with Gasteiger partial charge in [-0.1, -0.05) is 11.8 Å². The number of thioether (sulfide) groups is 1. The van der Waals surface area contributed by atoms with Crippen LogP contribution in [0.15, 0.2) is 10.1 Å². The predicted octanol–water partition coefficient (Wildman–Crippen LogP) is 2.65. The van der Waals surface area contributed by atoms with E-state index in [1.165, 1.54) is 10.4 Å². The zero-order valence-corrected chi connectivity index (χ0v) is 9.92. The molecule has 1 aromatic heterocycles. The molecule has 0 saturated carbocycles. The van der Waals surface area contributed by atoms with E-state index in [4.69, 9.17) is 0 Å². The lowest BCUT2D eigenvalue weighted by Crippen LogP contribution is -2.11. The van der Waals surface area contributed by atoms with E-state index < -0.39 is 0 Å². The second kappa shape index (κ2) is 3.74. The van der Waals surface area contributed by atoms with Gasteiger partial charge in [-0.3, -0.25) is 5.43 Å². The van der Waals surface area contributed by atoms with Gasteiger partial charge in [-0.05, 0) is 25.7 Å². The minimum absolute atomic E-state index is 0.848. The summed E-state index contributed by atoms with van der Waals surface area (Å²) < 4.78 is 0. The molecule has 74 valence electrons. The van der Waals surface area contributed by atoms with Crippen molar-refractivity contribution in [2.75, 3.05) is 6.26 Å². The molecule has 0 aromatic carbocycles. The summed E-state index contributed by atoms with van der Waals surface area (Å²) in [4.78, 5) is 5.81. The zero-order chi connectivity index (χ0) is 10.1. The van der Waals surface area contributed by atoms with Crippen LogP contribution >= 0.6 is 23.1 Å². The maximum atomic E-state index is 4.50. The SMILES string of the molecule is CSC1=Nc2sc(C)c(C)c2C=NN1. The van der Waals surface area contributed by atoms with Crippen LogP contribution in [-0.2, 0) is 0 Å². The molecular weight excluding hydrogens is 214 g/mol. The normalized spacial score (nSPS) is 14.4. The Labute approximate surface area is 91.3 Å². The van der Waals surface area contributed by atoms with Crippen LogP contribution in [0.25, 0.3) is 0 Å². The quantitative estimate of drug-likeness (QED) is 0.737. The molecule has 0 radical (unpaired) electrons. The number of hydrazone groups is 1. The number of amidine groups is 1. The third-order valence-corrected chi connectivity index (χ3v) is 3.85. The Bertz CT molecular complexity index is 418. The van der Waals surface area contributed by atoms with Crippen molar-refractivity contribution in [1.82, 2.24) is 5.43 Å². The smallest absolute Gasteiger partial charge is 0.182 e. The van der Waals surface area contributed by atoms with Gasteiger partial charge in [-0.2, -0.15) is 5.10 Å². The average molecular weight is 225 g/mol. The van der Waals surface area contributed by atoms with E-state index in [-0.39, 0.29) is 0 Å². The Morgan fingerprint density at radius 1 is 1.43 bits per heavy atom. The van der Waals surface area contributed by atoms with Crippen LogP contribution < -0.4 is 5.43 Å². The highest BCUT2D eigenvalue weighted by Gasteiger charge is 2.13. The van der Waals surface area contributed by atoms with Crippen LogP contribution in [0.5, 0.6) is 0 Å². The first kappa shape index (κ1) is 9.73. The van der Waals surface area contributed by atoms with Crippen molar-refractivity contribution in [1.29, 1.82) is 0 Å². The number of fused-ring (bicyclic) bond motifs is 1. The van der Waals surface area contributed by atoms with E-state index in [1.54, 1.807) is 23.1 Å². The number of aryl methyl sites for hydroxylation is 1. The highest BCUT2D eigenvalue weighted by Crippen LogP contribution is 2.34. The molecule has 14 heavy (non-hydrogen) atoms. The number of aliphatic imine (C=N–C) groups is 1. The van der Waals surface area contributed by atoms with E-state index in [0.29, 0.717) is 0 Å². The average Bonchev–Trinajstić information content (AvgIpc) is 2.41. The third kappa shape index (κ3) is 1.57. The van der Waals surface area contributed by atoms with E-state index >= 15 is 0 Å². The maximum absolute atomic E-state index is 4.50. The highest BCUT2D eigenvalue weighted by atomic mass is 32.2. The highest BCUT2D eigenvalue weighted by molar-refractivity contribution is 8.13. The summed E-state index contributed by atoms with van der Waals surface area (Å²) in [5.74, 6) is 0. The standard InChI is InChI=1S/C9H11N3S2/c1-5-6(2)14-8-7(5)4-10-12-9(11-8)13-3/h4H,1-3H3,(H,11,12). The molecule has 0 unspecified atom stereocenters. The summed E-state index contributed by atoms with van der Waals surface area (Å²) in [5, 5.41) is 6.02. The lowest BCUT2D eigenvalue weighted by Gasteiger charge is -1.96. The van der Waals surface area contributed by atoms with Crippen LogP contribution in [0.1, 0.15) is 16.0 Å². The van der Waals surface area contributed by atoms with Gasteiger partial charge in [0.2, 0.25) is 0 Å². The van der Waals surface area contributed by atoms with Gasteiger partial charge in [0.25, 0.3) is 0 Å². The minimum Gasteiger partial charge on any atom is -0.256 e. The Kier molecular flexibility index (Phi) is 2.60. The molecule has 0 atom stereocenters. The Morgan fingerprint density at radius 2 is 2.21 bits per heavy atom. The number of thiophene rings is 1. The molecule has 1 N–H and O–H groups in total. The van der Waals surface area contributed by atoms with E-state index in [1.807, 2.05) is 12.5 Å². The van der Waals surface area contributed by atoms with Crippen molar-refractivity contribution >= 4 is 39.5 Å². The van der Waals surface area contributed by atoms with Crippen molar-refractivity contribution in [3.8, 4) is 0 Å². The van der Waals surface area contributed by atoms with Gasteiger partial charge in [-0.25, -0.2) is 4.99 Å². The van der Waals surface area contributed by atoms with Crippen LogP contribution in [0.4, 0.5) is 5.00 Å². The molecule has 0 aliphatic carbocycles. The third-order valence-electron chi connectivity index (χ3n) is 2.16. The summed E-state index contributed by atoms with van der Waals surface area (Å²) in [6.07, 6.45) is 3.83. The van der Waals surface area contributed by atoms with Crippen LogP contribution in [0.2, 0.25) is 0 Å². The van der Waals surface area contributed by atoms with Crippen LogP contribution in [0, 0.1) is 13.8 Å². The van der Waals surface area contributed by atoms with E-state index in [0.717, 1.165) is 15.7 Å². The molecule has 1 aromatic rings. The fourth-order valence-corrected chi connectivity index (χ4v) is 2.61. The first-order valence-corrected chi connectivity index (χ1v) is 6.28. The van der Waals surface area contributed by atoms with Gasteiger partial charge in [-0.15, -0.1) is 11.3 Å². The summed E-state index contributed by atoms with van der Waals surface area (Å²) in [5.41, 5.74) is 5.32. The summed E-state index contributed by atoms with van der Waals surface area (Å²) in [6, 6.07) is 0. The minimum atomic E-state index is 0.848. The van der Waals surface area contributed by atoms with Gasteiger partial charge in [0.1, 0.15) is 5.00 Å². The van der Waals surface area contributed by atoms with Crippen molar-refractivity contribution in [2.45, 2.75) is 13.8 Å². The van der Waals surface area contributed by atoms with Gasteiger partial charge >= 0.3 is 0 Å². The molecule has 1 aliphatic heterocycles. The maximum Gasteiger partial charge on any atom is 0.182 e. The fourth-order valence-electron chi connectivity index (χ4n) is 1.22. The summed E-state index contributed by atoms with van der Waals surface area (Å²) in [7, 11) is 0. The molecule has 0 amide bonds. The molecule has 0 bridgehead atoms. The Balaban J connectivity index is 2.55. The zero-order valence-electron chi connectivity index (χ0n) is 8.29. The number of nitrogens with zero attached hydrogens (tertiary/aromatic N) is 2. The monoisotopic (exact) mass is 225 g/mol. The van der Waals surface area contributed by atoms with E-state index in [2.05, 4.69) is 29.4 Å². The summed E-state index contributed by atoms with van der Waals surface area (Å²) >= 11 is 3.29. The molecule has 0 saturated heterocycles. The van der Waals surface area contributed by atoms with Crippen molar-refractivity contribution in [2.24, 2.45) is 10.1 Å². The largest absolute Gasteiger partial charge is 0.256 e. The lowest BCUT2D eigenvalue weighted by molar-refractivity contribution is 1.06. The number of hydrogen-bond acceptors (Lipinski definition) is 5. The molecule has 2 rings (SSSR count). The number of nitrogens with one attached hydrogen (secondary N) is 1. The molecular formula is C9H11N3S2. The topological polar surface area (TPSA) is 36.8 Å². The second-order valence-corrected chi connectivity index (χ2v) is 4.99. The lowest BCUT2D eigenvalue weighted by atomic mass is 10.2. The van der Waals surface area contributed by atoms with Crippen molar-refractivity contribution in [3.05, 3.63) is 16.0 Å². The van der Waals surface area contributed by atoms with Gasteiger partial charge in [0, 0.05) is 10.4 Å². The molecule has 2 heterocycles. The number of rotatable bonds is 0. The summed E-state index contributed by atoms with van der Waals surface area (Å²) in [6.45, 7) is 4.22. The molecule has 3 nitrogen and oxygen atoms in total. The fraction of sp³-hybridized carbons (Fsp3) is 0.333. The first-order chi connectivity index (χ1) is 6.72. The van der Waals surface area contributed by atoms with E-state index in [9.17, 15) is 0 Å². The second-order valence-electron chi connectivity index (χ2n) is 2.99. The van der Waals surface area contributed by atoms with Crippen LogP contribution in [0.3, 0.4) is 0 Å². The van der Waals surface area contributed by atoms with Crippen LogP contribution in [-0.4, -0.2) is 17.6 Å². The first-order valence-electron chi connectivity index (χ1n) is 4.24. The van der Waals surface area contributed by atoms with Gasteiger partial charge in [0.05, 0.1) is 6.21 Å². The molecule has 0 fully saturated rings. The Hall–Kier alpha value is -0.810.